The number of fused-ring (bicyclic) bond motifs is 1. The van der Waals surface area contributed by atoms with Crippen LogP contribution in [-0.4, -0.2) is 40.5 Å². The van der Waals surface area contributed by atoms with Gasteiger partial charge in [0.15, 0.2) is 6.61 Å². The average molecular weight is 482 g/mol. The number of sulfonamides is 1. The molecule has 0 saturated heterocycles. The van der Waals surface area contributed by atoms with E-state index in [9.17, 15) is 18.0 Å². The van der Waals surface area contributed by atoms with Gasteiger partial charge in [-0.3, -0.25) is 14.3 Å². The molecule has 0 radical (unpaired) electrons. The van der Waals surface area contributed by atoms with Crippen LogP contribution in [0.5, 0.6) is 11.5 Å². The van der Waals surface area contributed by atoms with Gasteiger partial charge in [0, 0.05) is 24.3 Å². The summed E-state index contributed by atoms with van der Waals surface area (Å²) in [6, 6.07) is 19.5. The quantitative estimate of drug-likeness (QED) is 0.511. The lowest BCUT2D eigenvalue weighted by molar-refractivity contribution is -0.121. The fourth-order valence-corrected chi connectivity index (χ4v) is 4.55. The minimum atomic E-state index is -3.87. The zero-order valence-corrected chi connectivity index (χ0v) is 19.2. The third-order valence-electron chi connectivity index (χ3n) is 5.14. The highest BCUT2D eigenvalue weighted by atomic mass is 32.2. The Balaban J connectivity index is 1.40. The van der Waals surface area contributed by atoms with Crippen molar-refractivity contribution in [3.05, 3.63) is 72.8 Å². The number of ether oxygens (including phenoxy) is 2. The summed E-state index contributed by atoms with van der Waals surface area (Å²) in [6.45, 7) is 0.0851. The van der Waals surface area contributed by atoms with Crippen LogP contribution in [0.4, 0.5) is 17.1 Å². The second-order valence-electron chi connectivity index (χ2n) is 7.46. The number of para-hydroxylation sites is 2. The first kappa shape index (κ1) is 23.1. The molecule has 1 heterocycles. The van der Waals surface area contributed by atoms with Crippen LogP contribution in [-0.2, 0) is 19.6 Å². The molecular formula is C24H23N3O6S. The lowest BCUT2D eigenvalue weighted by Gasteiger charge is -2.29. The molecule has 0 saturated carbocycles. The van der Waals surface area contributed by atoms with Gasteiger partial charge in [-0.15, -0.1) is 0 Å². The van der Waals surface area contributed by atoms with Crippen LogP contribution in [0.3, 0.4) is 0 Å². The topological polar surface area (TPSA) is 114 Å². The van der Waals surface area contributed by atoms with E-state index in [0.717, 1.165) is 0 Å². The molecule has 0 unspecified atom stereocenters. The molecule has 2 N–H and O–H groups in total. The first-order valence-corrected chi connectivity index (χ1v) is 11.9. The average Bonchev–Trinajstić information content (AvgIpc) is 2.84. The minimum absolute atomic E-state index is 0.00148. The summed E-state index contributed by atoms with van der Waals surface area (Å²) in [7, 11) is -2.35. The third kappa shape index (κ3) is 5.29. The van der Waals surface area contributed by atoms with Crippen LogP contribution in [0.2, 0.25) is 0 Å². The fourth-order valence-electron chi connectivity index (χ4n) is 3.45. The van der Waals surface area contributed by atoms with Crippen LogP contribution in [0.25, 0.3) is 0 Å². The summed E-state index contributed by atoms with van der Waals surface area (Å²) in [5.41, 5.74) is 1.33. The SMILES string of the molecule is COc1ccc(NS(=O)(=O)c2cccc(NC(=O)CCN3C(=O)COc4ccccc43)c2)cc1. The molecule has 0 spiro atoms. The largest absolute Gasteiger partial charge is 0.497 e. The Kier molecular flexibility index (Phi) is 6.69. The number of carbonyl (C=O) groups is 2. The van der Waals surface area contributed by atoms with E-state index < -0.39 is 10.0 Å². The number of carbonyl (C=O) groups excluding carboxylic acids is 2. The van der Waals surface area contributed by atoms with Gasteiger partial charge in [-0.05, 0) is 54.6 Å². The molecule has 0 aromatic heterocycles. The van der Waals surface area contributed by atoms with Gasteiger partial charge in [0.05, 0.1) is 17.7 Å². The maximum absolute atomic E-state index is 12.8. The van der Waals surface area contributed by atoms with E-state index in [1.54, 1.807) is 54.6 Å². The van der Waals surface area contributed by atoms with Crippen LogP contribution in [0.1, 0.15) is 6.42 Å². The zero-order valence-electron chi connectivity index (χ0n) is 18.4. The van der Waals surface area contributed by atoms with Crippen molar-refractivity contribution in [2.24, 2.45) is 0 Å². The molecule has 176 valence electrons. The number of nitrogens with zero attached hydrogens (tertiary/aromatic N) is 1. The Morgan fingerprint density at radius 3 is 2.56 bits per heavy atom. The summed E-state index contributed by atoms with van der Waals surface area (Å²) < 4.78 is 38.5. The molecule has 1 aliphatic rings. The van der Waals surface area contributed by atoms with E-state index in [1.807, 2.05) is 6.07 Å². The number of hydrogen-bond acceptors (Lipinski definition) is 6. The smallest absolute Gasteiger partial charge is 0.265 e. The Hall–Kier alpha value is -4.05. The van der Waals surface area contributed by atoms with Crippen LogP contribution in [0, 0.1) is 0 Å². The molecule has 1 aliphatic heterocycles. The molecule has 10 heteroatoms. The highest BCUT2D eigenvalue weighted by molar-refractivity contribution is 7.92. The first-order chi connectivity index (χ1) is 16.4. The number of nitrogens with one attached hydrogen (secondary N) is 2. The normalized spacial score (nSPS) is 13.0. The molecule has 0 bridgehead atoms. The molecule has 9 nitrogen and oxygen atoms in total. The van der Waals surface area contributed by atoms with E-state index in [0.29, 0.717) is 28.6 Å². The zero-order chi connectivity index (χ0) is 24.1. The van der Waals surface area contributed by atoms with Crippen molar-refractivity contribution in [1.82, 2.24) is 0 Å². The number of anilines is 3. The maximum Gasteiger partial charge on any atom is 0.265 e. The van der Waals surface area contributed by atoms with Crippen molar-refractivity contribution >= 4 is 38.9 Å². The van der Waals surface area contributed by atoms with E-state index in [2.05, 4.69) is 10.0 Å². The Morgan fingerprint density at radius 1 is 1.03 bits per heavy atom. The lowest BCUT2D eigenvalue weighted by Crippen LogP contribution is -2.40. The molecule has 3 aromatic rings. The second-order valence-corrected chi connectivity index (χ2v) is 9.14. The van der Waals surface area contributed by atoms with Gasteiger partial charge < -0.3 is 19.7 Å². The fraction of sp³-hybridized carbons (Fsp3) is 0.167. The van der Waals surface area contributed by atoms with Crippen molar-refractivity contribution in [2.45, 2.75) is 11.3 Å². The third-order valence-corrected chi connectivity index (χ3v) is 6.52. The standard InChI is InChI=1S/C24H23N3O6S/c1-32-19-11-9-17(10-12-19)26-34(30,31)20-6-4-5-18(15-20)25-23(28)13-14-27-21-7-2-3-8-22(21)33-16-24(27)29/h2-12,15,26H,13-14,16H2,1H3,(H,25,28). The summed E-state index contributed by atoms with van der Waals surface area (Å²) in [5.74, 6) is 0.610. The maximum atomic E-state index is 12.8. The van der Waals surface area contributed by atoms with E-state index in [4.69, 9.17) is 9.47 Å². The Labute approximate surface area is 197 Å². The minimum Gasteiger partial charge on any atom is -0.497 e. The molecule has 2 amide bonds. The number of rotatable bonds is 8. The molecule has 3 aromatic carbocycles. The van der Waals surface area contributed by atoms with Crippen LogP contribution < -0.4 is 24.4 Å². The number of benzene rings is 3. The molecule has 0 aliphatic carbocycles. The van der Waals surface area contributed by atoms with Gasteiger partial charge in [0.2, 0.25) is 5.91 Å². The first-order valence-electron chi connectivity index (χ1n) is 10.4. The molecule has 0 atom stereocenters. The van der Waals surface area contributed by atoms with Crippen molar-refractivity contribution in [2.75, 3.05) is 35.2 Å². The predicted octanol–water partition coefficient (Wildman–Crippen LogP) is 3.25. The van der Waals surface area contributed by atoms with Crippen LogP contribution in [0.15, 0.2) is 77.7 Å². The van der Waals surface area contributed by atoms with E-state index >= 15 is 0 Å². The Morgan fingerprint density at radius 2 is 1.79 bits per heavy atom. The number of hydrogen-bond donors (Lipinski definition) is 2. The number of methoxy groups -OCH3 is 1. The van der Waals surface area contributed by atoms with Gasteiger partial charge >= 0.3 is 0 Å². The van der Waals surface area contributed by atoms with Crippen molar-refractivity contribution < 1.29 is 27.5 Å². The number of amides is 2. The Bertz CT molecular complexity index is 1310. The van der Waals surface area contributed by atoms with E-state index in [1.165, 1.54) is 24.1 Å². The van der Waals surface area contributed by atoms with Crippen molar-refractivity contribution in [1.29, 1.82) is 0 Å². The summed E-state index contributed by atoms with van der Waals surface area (Å²) >= 11 is 0. The van der Waals surface area contributed by atoms with Crippen molar-refractivity contribution in [3.8, 4) is 11.5 Å². The molecule has 34 heavy (non-hydrogen) atoms. The molecule has 0 fully saturated rings. The van der Waals surface area contributed by atoms with Gasteiger partial charge in [-0.1, -0.05) is 18.2 Å². The lowest BCUT2D eigenvalue weighted by atomic mass is 10.2. The molecule has 4 rings (SSSR count). The molecular weight excluding hydrogens is 458 g/mol. The van der Waals surface area contributed by atoms with Crippen molar-refractivity contribution in [3.63, 3.8) is 0 Å². The monoisotopic (exact) mass is 481 g/mol. The van der Waals surface area contributed by atoms with Gasteiger partial charge in [-0.25, -0.2) is 8.42 Å². The second kappa shape index (κ2) is 9.84. The van der Waals surface area contributed by atoms with Gasteiger partial charge in [0.1, 0.15) is 11.5 Å². The van der Waals surface area contributed by atoms with Crippen LogP contribution >= 0.6 is 0 Å². The van der Waals surface area contributed by atoms with Gasteiger partial charge in [-0.2, -0.15) is 0 Å². The highest BCUT2D eigenvalue weighted by Crippen LogP contribution is 2.31. The van der Waals surface area contributed by atoms with Gasteiger partial charge in [0.25, 0.3) is 15.9 Å². The summed E-state index contributed by atoms with van der Waals surface area (Å²) in [5, 5.41) is 2.69. The summed E-state index contributed by atoms with van der Waals surface area (Å²) in [4.78, 5) is 26.3. The van der Waals surface area contributed by atoms with E-state index in [-0.39, 0.29) is 36.3 Å². The highest BCUT2D eigenvalue weighted by Gasteiger charge is 2.25. The predicted molar refractivity (Wildman–Crippen MR) is 128 cm³/mol. The summed E-state index contributed by atoms with van der Waals surface area (Å²) in [6.07, 6.45) is 0.0289.